The third kappa shape index (κ3) is 3.91. The van der Waals surface area contributed by atoms with E-state index in [1.54, 1.807) is 12.1 Å². The second kappa shape index (κ2) is 4.66. The Bertz CT molecular complexity index is 409. The first-order valence-corrected chi connectivity index (χ1v) is 6.89. The minimum Gasteiger partial charge on any atom is -0.284 e. The second-order valence-corrected chi connectivity index (χ2v) is 5.55. The number of hydrogen-bond donors (Lipinski definition) is 1. The van der Waals surface area contributed by atoms with Crippen LogP contribution in [0.25, 0.3) is 0 Å². The summed E-state index contributed by atoms with van der Waals surface area (Å²) in [6.07, 6.45) is 2.23. The molecule has 0 aliphatic rings. The van der Waals surface area contributed by atoms with Gasteiger partial charge in [0, 0.05) is 5.69 Å². The second-order valence-electron chi connectivity index (χ2n) is 3.81. The summed E-state index contributed by atoms with van der Waals surface area (Å²) in [6, 6.07) is 7.51. The van der Waals surface area contributed by atoms with Crippen molar-refractivity contribution in [2.45, 2.75) is 26.2 Å². The van der Waals surface area contributed by atoms with Crippen molar-refractivity contribution in [3.8, 4) is 0 Å². The average Bonchev–Trinajstić information content (AvgIpc) is 2.15. The lowest BCUT2D eigenvalue weighted by molar-refractivity contribution is 0.607. The van der Waals surface area contributed by atoms with Crippen molar-refractivity contribution >= 4 is 15.7 Å². The van der Waals surface area contributed by atoms with Gasteiger partial charge in [0.15, 0.2) is 0 Å². The number of nitrogens with one attached hydrogen (secondary N) is 1. The van der Waals surface area contributed by atoms with Crippen LogP contribution in [-0.4, -0.2) is 14.7 Å². The molecular weight excluding hydrogens is 210 g/mol. The van der Waals surface area contributed by atoms with Crippen molar-refractivity contribution in [3.63, 3.8) is 0 Å². The van der Waals surface area contributed by atoms with Crippen molar-refractivity contribution in [1.29, 1.82) is 0 Å². The summed E-state index contributed by atoms with van der Waals surface area (Å²) >= 11 is 0. The average molecular weight is 227 g/mol. The molecule has 0 saturated carbocycles. The maximum Gasteiger partial charge on any atom is 0.229 e. The van der Waals surface area contributed by atoms with Gasteiger partial charge in [0.2, 0.25) is 10.0 Å². The van der Waals surface area contributed by atoms with Gasteiger partial charge < -0.3 is 0 Å². The Morgan fingerprint density at radius 2 is 1.80 bits per heavy atom. The summed E-state index contributed by atoms with van der Waals surface area (Å²) in [5.41, 5.74) is 1.85. The number of hydrogen-bond acceptors (Lipinski definition) is 2. The summed E-state index contributed by atoms with van der Waals surface area (Å²) in [7, 11) is -3.17. The Morgan fingerprint density at radius 3 is 2.20 bits per heavy atom. The standard InChI is InChI=1S/C11H17NO2S/c1-4-9(2)10-5-7-11(8-6-10)12-15(3,13)14/h5-9,12H,4H2,1-3H3. The van der Waals surface area contributed by atoms with E-state index in [0.29, 0.717) is 11.6 Å². The monoisotopic (exact) mass is 227 g/mol. The van der Waals surface area contributed by atoms with Gasteiger partial charge in [-0.3, -0.25) is 4.72 Å². The van der Waals surface area contributed by atoms with Gasteiger partial charge in [0.25, 0.3) is 0 Å². The summed E-state index contributed by atoms with van der Waals surface area (Å²) in [6.45, 7) is 4.28. The quantitative estimate of drug-likeness (QED) is 0.859. The van der Waals surface area contributed by atoms with E-state index >= 15 is 0 Å². The van der Waals surface area contributed by atoms with E-state index < -0.39 is 10.0 Å². The smallest absolute Gasteiger partial charge is 0.229 e. The molecule has 0 spiro atoms. The minimum absolute atomic E-state index is 0.511. The molecule has 1 aromatic rings. The Kier molecular flexibility index (Phi) is 3.74. The largest absolute Gasteiger partial charge is 0.284 e. The molecule has 0 aliphatic heterocycles. The normalized spacial score (nSPS) is 13.5. The van der Waals surface area contributed by atoms with E-state index in [1.165, 1.54) is 5.56 Å². The van der Waals surface area contributed by atoms with Crippen molar-refractivity contribution in [2.24, 2.45) is 0 Å². The van der Waals surface area contributed by atoms with Crippen LogP contribution in [0.2, 0.25) is 0 Å². The number of sulfonamides is 1. The molecule has 15 heavy (non-hydrogen) atoms. The molecule has 0 aliphatic carbocycles. The van der Waals surface area contributed by atoms with Gasteiger partial charge >= 0.3 is 0 Å². The maximum atomic E-state index is 11.0. The third-order valence-electron chi connectivity index (χ3n) is 2.40. The van der Waals surface area contributed by atoms with Crippen LogP contribution in [0, 0.1) is 0 Å². The van der Waals surface area contributed by atoms with E-state index in [2.05, 4.69) is 18.6 Å². The zero-order chi connectivity index (χ0) is 11.5. The van der Waals surface area contributed by atoms with Crippen LogP contribution in [-0.2, 0) is 10.0 Å². The van der Waals surface area contributed by atoms with Crippen LogP contribution >= 0.6 is 0 Å². The van der Waals surface area contributed by atoms with Crippen LogP contribution in [0.5, 0.6) is 0 Å². The van der Waals surface area contributed by atoms with Crippen LogP contribution in [0.15, 0.2) is 24.3 Å². The molecular formula is C11H17NO2S. The van der Waals surface area contributed by atoms with Crippen LogP contribution in [0.3, 0.4) is 0 Å². The zero-order valence-electron chi connectivity index (χ0n) is 9.32. The van der Waals surface area contributed by atoms with Gasteiger partial charge in [-0.15, -0.1) is 0 Å². The summed E-state index contributed by atoms with van der Waals surface area (Å²) in [4.78, 5) is 0. The molecule has 1 N–H and O–H groups in total. The Labute approximate surface area is 91.6 Å². The summed E-state index contributed by atoms with van der Waals surface area (Å²) < 4.78 is 24.4. The van der Waals surface area contributed by atoms with Crippen LogP contribution in [0.4, 0.5) is 5.69 Å². The predicted molar refractivity (Wildman–Crippen MR) is 63.6 cm³/mol. The first-order chi connectivity index (χ1) is 6.92. The fourth-order valence-corrected chi connectivity index (χ4v) is 1.89. The lowest BCUT2D eigenvalue weighted by Gasteiger charge is -2.10. The Balaban J connectivity index is 2.81. The van der Waals surface area contributed by atoms with Crippen molar-refractivity contribution in [1.82, 2.24) is 0 Å². The summed E-state index contributed by atoms with van der Waals surface area (Å²) in [5.74, 6) is 0.511. The van der Waals surface area contributed by atoms with Gasteiger partial charge in [-0.2, -0.15) is 0 Å². The van der Waals surface area contributed by atoms with Crippen LogP contribution in [0.1, 0.15) is 31.7 Å². The Morgan fingerprint density at radius 1 is 1.27 bits per heavy atom. The number of rotatable bonds is 4. The molecule has 84 valence electrons. The molecule has 0 saturated heterocycles. The zero-order valence-corrected chi connectivity index (χ0v) is 10.1. The van der Waals surface area contributed by atoms with Crippen LogP contribution < -0.4 is 4.72 Å². The van der Waals surface area contributed by atoms with E-state index in [1.807, 2.05) is 12.1 Å². The topological polar surface area (TPSA) is 46.2 Å². The maximum absolute atomic E-state index is 11.0. The first-order valence-electron chi connectivity index (χ1n) is 5.00. The van der Waals surface area contributed by atoms with Crippen molar-refractivity contribution in [2.75, 3.05) is 11.0 Å². The molecule has 0 fully saturated rings. The summed E-state index contributed by atoms with van der Waals surface area (Å²) in [5, 5.41) is 0. The molecule has 4 heteroatoms. The molecule has 1 atom stereocenters. The SMILES string of the molecule is CCC(C)c1ccc(NS(C)(=O)=O)cc1. The highest BCUT2D eigenvalue weighted by Gasteiger charge is 2.04. The molecule has 0 aromatic heterocycles. The van der Waals surface area contributed by atoms with Crippen molar-refractivity contribution in [3.05, 3.63) is 29.8 Å². The lowest BCUT2D eigenvalue weighted by Crippen LogP contribution is -2.09. The van der Waals surface area contributed by atoms with Gasteiger partial charge in [-0.25, -0.2) is 8.42 Å². The van der Waals surface area contributed by atoms with Crippen molar-refractivity contribution < 1.29 is 8.42 Å². The first kappa shape index (κ1) is 12.0. The number of anilines is 1. The molecule has 1 unspecified atom stereocenters. The third-order valence-corrected chi connectivity index (χ3v) is 3.00. The fourth-order valence-electron chi connectivity index (χ4n) is 1.33. The molecule has 1 rings (SSSR count). The van der Waals surface area contributed by atoms with E-state index in [-0.39, 0.29) is 0 Å². The van der Waals surface area contributed by atoms with Gasteiger partial charge in [-0.1, -0.05) is 26.0 Å². The molecule has 0 radical (unpaired) electrons. The van der Waals surface area contributed by atoms with E-state index in [0.717, 1.165) is 12.7 Å². The predicted octanol–water partition coefficient (Wildman–Crippen LogP) is 2.57. The van der Waals surface area contributed by atoms with Gasteiger partial charge in [0.05, 0.1) is 6.26 Å². The molecule has 0 amide bonds. The Hall–Kier alpha value is -1.03. The minimum atomic E-state index is -3.17. The van der Waals surface area contributed by atoms with Gasteiger partial charge in [0.1, 0.15) is 0 Å². The molecule has 0 bridgehead atoms. The highest BCUT2D eigenvalue weighted by Crippen LogP contribution is 2.20. The molecule has 3 nitrogen and oxygen atoms in total. The number of benzene rings is 1. The molecule has 1 aromatic carbocycles. The van der Waals surface area contributed by atoms with E-state index in [9.17, 15) is 8.42 Å². The highest BCUT2D eigenvalue weighted by atomic mass is 32.2. The fraction of sp³-hybridized carbons (Fsp3) is 0.455. The van der Waals surface area contributed by atoms with E-state index in [4.69, 9.17) is 0 Å². The highest BCUT2D eigenvalue weighted by molar-refractivity contribution is 7.92. The van der Waals surface area contributed by atoms with Gasteiger partial charge in [-0.05, 0) is 30.0 Å². The lowest BCUT2D eigenvalue weighted by atomic mass is 9.99. The molecule has 0 heterocycles.